The van der Waals surface area contributed by atoms with Crippen molar-refractivity contribution in [2.75, 3.05) is 26.2 Å². The number of morpholine rings is 1. The van der Waals surface area contributed by atoms with E-state index in [1.807, 2.05) is 26.0 Å². The van der Waals surface area contributed by atoms with Gasteiger partial charge >= 0.3 is 0 Å². The summed E-state index contributed by atoms with van der Waals surface area (Å²) in [5, 5.41) is 0. The molecule has 1 saturated heterocycles. The van der Waals surface area contributed by atoms with E-state index in [-0.39, 0.29) is 30.1 Å². The highest BCUT2D eigenvalue weighted by molar-refractivity contribution is 7.89. The second kappa shape index (κ2) is 8.29. The molecule has 1 N–H and O–H groups in total. The largest absolute Gasteiger partial charge is 0.365 e. The minimum Gasteiger partial charge on any atom is -0.365 e. The molecule has 1 unspecified atom stereocenters. The van der Waals surface area contributed by atoms with Crippen molar-refractivity contribution in [2.45, 2.75) is 44.6 Å². The first-order chi connectivity index (χ1) is 11.7. The van der Waals surface area contributed by atoms with E-state index in [4.69, 9.17) is 4.74 Å². The lowest BCUT2D eigenvalue weighted by atomic mass is 10.0. The van der Waals surface area contributed by atoms with E-state index in [1.165, 1.54) is 0 Å². The maximum Gasteiger partial charge on any atom is 0.248 e. The Kier molecular flexibility index (Phi) is 6.59. The number of ether oxygens (including phenoxy) is 1. The molecule has 0 radical (unpaired) electrons. The number of hydrogen-bond donors (Lipinski definition) is 1. The lowest BCUT2D eigenvalue weighted by Crippen LogP contribution is -2.51. The number of hydrogen-bond acceptors (Lipinski definition) is 4. The van der Waals surface area contributed by atoms with E-state index in [0.717, 1.165) is 5.56 Å². The predicted molar refractivity (Wildman–Crippen MR) is 96.9 cm³/mol. The summed E-state index contributed by atoms with van der Waals surface area (Å²) < 4.78 is 32.9. The van der Waals surface area contributed by atoms with Gasteiger partial charge in [-0.2, -0.15) is 0 Å². The SMILES string of the molecule is CC(C)CN1CC(CNS(=O)(=O)c2ccc(C(C)C)cc2)OCC1=O. The number of nitrogens with zero attached hydrogens (tertiary/aromatic N) is 1. The fourth-order valence-electron chi connectivity index (χ4n) is 2.74. The van der Waals surface area contributed by atoms with Crippen LogP contribution in [0.2, 0.25) is 0 Å². The molecule has 140 valence electrons. The summed E-state index contributed by atoms with van der Waals surface area (Å²) in [7, 11) is -3.59. The van der Waals surface area contributed by atoms with Crippen LogP contribution in [0.15, 0.2) is 29.2 Å². The minimum atomic E-state index is -3.59. The molecule has 25 heavy (non-hydrogen) atoms. The smallest absolute Gasteiger partial charge is 0.248 e. The lowest BCUT2D eigenvalue weighted by molar-refractivity contribution is -0.149. The first kappa shape index (κ1) is 19.9. The molecule has 1 heterocycles. The maximum absolute atomic E-state index is 12.4. The van der Waals surface area contributed by atoms with Crippen molar-refractivity contribution in [3.63, 3.8) is 0 Å². The van der Waals surface area contributed by atoms with E-state index in [0.29, 0.717) is 24.9 Å². The van der Waals surface area contributed by atoms with Gasteiger partial charge in [-0.1, -0.05) is 39.8 Å². The highest BCUT2D eigenvalue weighted by Crippen LogP contribution is 2.17. The van der Waals surface area contributed by atoms with E-state index in [9.17, 15) is 13.2 Å². The van der Waals surface area contributed by atoms with Gasteiger partial charge in [0.05, 0.1) is 11.0 Å². The lowest BCUT2D eigenvalue weighted by Gasteiger charge is -2.33. The zero-order chi connectivity index (χ0) is 18.6. The van der Waals surface area contributed by atoms with Crippen molar-refractivity contribution in [1.29, 1.82) is 0 Å². The second-order valence-corrected chi connectivity index (χ2v) is 8.97. The van der Waals surface area contributed by atoms with Crippen LogP contribution in [0.5, 0.6) is 0 Å². The van der Waals surface area contributed by atoms with Crippen LogP contribution < -0.4 is 4.72 Å². The molecular formula is C18H28N2O4S. The third-order valence-electron chi connectivity index (χ3n) is 4.16. The molecule has 1 fully saturated rings. The van der Waals surface area contributed by atoms with Crippen molar-refractivity contribution in [3.8, 4) is 0 Å². The normalized spacial score (nSPS) is 19.0. The summed E-state index contributed by atoms with van der Waals surface area (Å²) in [4.78, 5) is 13.8. The average Bonchev–Trinajstić information content (AvgIpc) is 2.55. The van der Waals surface area contributed by atoms with Crippen LogP contribution in [-0.2, 0) is 19.6 Å². The summed E-state index contributed by atoms with van der Waals surface area (Å²) in [5.41, 5.74) is 1.09. The topological polar surface area (TPSA) is 75.7 Å². The van der Waals surface area contributed by atoms with Crippen LogP contribution in [0.1, 0.15) is 39.2 Å². The molecule has 1 amide bonds. The number of sulfonamides is 1. The molecule has 6 nitrogen and oxygen atoms in total. The molecule has 0 aliphatic carbocycles. The molecule has 0 aromatic heterocycles. The molecule has 1 atom stereocenters. The van der Waals surface area contributed by atoms with Crippen LogP contribution in [-0.4, -0.2) is 51.6 Å². The fourth-order valence-corrected chi connectivity index (χ4v) is 3.81. The van der Waals surface area contributed by atoms with Crippen LogP contribution in [0.25, 0.3) is 0 Å². The highest BCUT2D eigenvalue weighted by Gasteiger charge is 2.27. The molecule has 1 aromatic rings. The monoisotopic (exact) mass is 368 g/mol. The van der Waals surface area contributed by atoms with Crippen molar-refractivity contribution < 1.29 is 17.9 Å². The van der Waals surface area contributed by atoms with Gasteiger partial charge in [-0.25, -0.2) is 13.1 Å². The van der Waals surface area contributed by atoms with E-state index < -0.39 is 10.0 Å². The van der Waals surface area contributed by atoms with E-state index in [1.54, 1.807) is 17.0 Å². The van der Waals surface area contributed by atoms with Gasteiger partial charge in [0.2, 0.25) is 15.9 Å². The van der Waals surface area contributed by atoms with Gasteiger partial charge in [0.15, 0.2) is 0 Å². The Morgan fingerprint density at radius 1 is 1.20 bits per heavy atom. The van der Waals surface area contributed by atoms with Gasteiger partial charge in [0.1, 0.15) is 6.61 Å². The van der Waals surface area contributed by atoms with Crippen molar-refractivity contribution in [3.05, 3.63) is 29.8 Å². The number of benzene rings is 1. The minimum absolute atomic E-state index is 0.00218. The van der Waals surface area contributed by atoms with Gasteiger partial charge in [-0.15, -0.1) is 0 Å². The van der Waals surface area contributed by atoms with Gasteiger partial charge < -0.3 is 9.64 Å². The Balaban J connectivity index is 1.96. The molecule has 2 rings (SSSR count). The molecule has 1 aromatic carbocycles. The Labute approximate surface area is 150 Å². The first-order valence-electron chi connectivity index (χ1n) is 8.68. The van der Waals surface area contributed by atoms with Crippen molar-refractivity contribution in [2.24, 2.45) is 5.92 Å². The van der Waals surface area contributed by atoms with Gasteiger partial charge in [0.25, 0.3) is 0 Å². The first-order valence-corrected chi connectivity index (χ1v) is 10.2. The Hall–Kier alpha value is -1.44. The van der Waals surface area contributed by atoms with Crippen LogP contribution in [0, 0.1) is 5.92 Å². The maximum atomic E-state index is 12.4. The molecule has 0 spiro atoms. The van der Waals surface area contributed by atoms with Gasteiger partial charge in [-0.3, -0.25) is 4.79 Å². The quantitative estimate of drug-likeness (QED) is 0.798. The molecule has 1 aliphatic rings. The predicted octanol–water partition coefficient (Wildman–Crippen LogP) is 1.97. The third-order valence-corrected chi connectivity index (χ3v) is 5.60. The highest BCUT2D eigenvalue weighted by atomic mass is 32.2. The summed E-state index contributed by atoms with van der Waals surface area (Å²) in [6.07, 6.45) is -0.332. The van der Waals surface area contributed by atoms with Gasteiger partial charge in [0, 0.05) is 19.6 Å². The van der Waals surface area contributed by atoms with Crippen LogP contribution in [0.4, 0.5) is 0 Å². The van der Waals surface area contributed by atoms with E-state index >= 15 is 0 Å². The fraction of sp³-hybridized carbons (Fsp3) is 0.611. The zero-order valence-electron chi connectivity index (χ0n) is 15.4. The Bertz CT molecular complexity index is 684. The summed E-state index contributed by atoms with van der Waals surface area (Å²) >= 11 is 0. The summed E-state index contributed by atoms with van der Waals surface area (Å²) in [5.74, 6) is 0.667. The third kappa shape index (κ3) is 5.52. The van der Waals surface area contributed by atoms with Crippen molar-refractivity contribution in [1.82, 2.24) is 9.62 Å². The molecule has 0 saturated carbocycles. The Morgan fingerprint density at radius 2 is 1.84 bits per heavy atom. The van der Waals surface area contributed by atoms with Crippen LogP contribution >= 0.6 is 0 Å². The van der Waals surface area contributed by atoms with Crippen molar-refractivity contribution >= 4 is 15.9 Å². The summed E-state index contributed by atoms with van der Waals surface area (Å²) in [6, 6.07) is 6.90. The molecule has 1 aliphatic heterocycles. The Morgan fingerprint density at radius 3 is 2.40 bits per heavy atom. The standard InChI is InChI=1S/C18H28N2O4S/c1-13(2)10-20-11-16(24-12-18(20)21)9-19-25(22,23)17-7-5-15(6-8-17)14(3)4/h5-8,13-14,16,19H,9-12H2,1-4H3. The number of carbonyl (C=O) groups excluding carboxylic acids is 1. The zero-order valence-corrected chi connectivity index (χ0v) is 16.2. The van der Waals surface area contributed by atoms with E-state index in [2.05, 4.69) is 18.6 Å². The number of rotatable bonds is 7. The van der Waals surface area contributed by atoms with Gasteiger partial charge in [-0.05, 0) is 29.5 Å². The average molecular weight is 368 g/mol. The molecule has 0 bridgehead atoms. The number of carbonyl (C=O) groups is 1. The molecule has 7 heteroatoms. The number of nitrogens with one attached hydrogen (secondary N) is 1. The second-order valence-electron chi connectivity index (χ2n) is 7.20. The number of amides is 1. The molecular weight excluding hydrogens is 340 g/mol. The summed E-state index contributed by atoms with van der Waals surface area (Å²) in [6.45, 7) is 9.42. The van der Waals surface area contributed by atoms with Crippen LogP contribution in [0.3, 0.4) is 0 Å².